The molecule has 82 valence electrons. The Bertz CT molecular complexity index is 553. The first-order valence-corrected chi connectivity index (χ1v) is 5.96. The quantitative estimate of drug-likeness (QED) is 0.691. The van der Waals surface area contributed by atoms with Gasteiger partial charge in [0.15, 0.2) is 10.8 Å². The van der Waals surface area contributed by atoms with Gasteiger partial charge < -0.3 is 0 Å². The van der Waals surface area contributed by atoms with Crippen LogP contribution < -0.4 is 0 Å². The minimum Gasteiger partial charge on any atom is -0.255 e. The number of pyridine rings is 1. The molecule has 0 spiro atoms. The number of nitrogens with zero attached hydrogens (tertiary/aromatic N) is 4. The Labute approximate surface area is 102 Å². The van der Waals surface area contributed by atoms with E-state index in [9.17, 15) is 0 Å². The molecule has 0 saturated carbocycles. The summed E-state index contributed by atoms with van der Waals surface area (Å²) in [6, 6.07) is 7.55. The molecular weight excluding hydrogens is 232 g/mol. The molecule has 3 rings (SSSR count). The third kappa shape index (κ3) is 2.05. The van der Waals surface area contributed by atoms with Gasteiger partial charge in [0.25, 0.3) is 0 Å². The summed E-state index contributed by atoms with van der Waals surface area (Å²) in [6.07, 6.45) is 5.18. The summed E-state index contributed by atoms with van der Waals surface area (Å²) < 4.78 is 0. The highest BCUT2D eigenvalue weighted by molar-refractivity contribution is 7.13. The van der Waals surface area contributed by atoms with Crippen LogP contribution in [-0.4, -0.2) is 19.9 Å². The van der Waals surface area contributed by atoms with Crippen LogP contribution in [0.5, 0.6) is 0 Å². The van der Waals surface area contributed by atoms with Gasteiger partial charge in [-0.2, -0.15) is 0 Å². The summed E-state index contributed by atoms with van der Waals surface area (Å²) in [7, 11) is 0. The zero-order chi connectivity index (χ0) is 11.5. The lowest BCUT2D eigenvalue weighted by atomic mass is 10.3. The standard InChI is InChI=1S/C12H8N4S/c1-2-5-13-9(4-1)10-8-17-12(16-10)11-14-6-3-7-15-11/h1-8H. The Morgan fingerprint density at radius 3 is 2.41 bits per heavy atom. The molecule has 0 aliphatic rings. The number of thiazole rings is 1. The molecule has 0 amide bonds. The van der Waals surface area contributed by atoms with Gasteiger partial charge >= 0.3 is 0 Å². The van der Waals surface area contributed by atoms with E-state index in [-0.39, 0.29) is 0 Å². The zero-order valence-electron chi connectivity index (χ0n) is 8.82. The number of rotatable bonds is 2. The van der Waals surface area contributed by atoms with Gasteiger partial charge in [-0.1, -0.05) is 6.07 Å². The van der Waals surface area contributed by atoms with Crippen LogP contribution in [0.1, 0.15) is 0 Å². The van der Waals surface area contributed by atoms with Crippen molar-refractivity contribution in [1.29, 1.82) is 0 Å². The summed E-state index contributed by atoms with van der Waals surface area (Å²) in [5.74, 6) is 0.652. The van der Waals surface area contributed by atoms with Crippen molar-refractivity contribution in [3.63, 3.8) is 0 Å². The maximum Gasteiger partial charge on any atom is 0.188 e. The average molecular weight is 240 g/mol. The molecule has 0 aliphatic carbocycles. The van der Waals surface area contributed by atoms with E-state index >= 15 is 0 Å². The monoisotopic (exact) mass is 240 g/mol. The van der Waals surface area contributed by atoms with E-state index in [0.717, 1.165) is 16.4 Å². The van der Waals surface area contributed by atoms with E-state index in [1.165, 1.54) is 11.3 Å². The van der Waals surface area contributed by atoms with Crippen molar-refractivity contribution in [2.45, 2.75) is 0 Å². The maximum absolute atomic E-state index is 4.48. The summed E-state index contributed by atoms with van der Waals surface area (Å²) in [4.78, 5) is 17.1. The maximum atomic E-state index is 4.48. The number of hydrogen-bond donors (Lipinski definition) is 0. The summed E-state index contributed by atoms with van der Waals surface area (Å²) in [5, 5.41) is 2.78. The molecule has 5 heteroatoms. The van der Waals surface area contributed by atoms with Crippen LogP contribution in [0.2, 0.25) is 0 Å². The zero-order valence-corrected chi connectivity index (χ0v) is 9.63. The van der Waals surface area contributed by atoms with Crippen molar-refractivity contribution >= 4 is 11.3 Å². The van der Waals surface area contributed by atoms with Gasteiger partial charge in [-0.25, -0.2) is 15.0 Å². The van der Waals surface area contributed by atoms with Crippen molar-refractivity contribution in [2.24, 2.45) is 0 Å². The molecule has 3 heterocycles. The molecular formula is C12H8N4S. The fourth-order valence-corrected chi connectivity index (χ4v) is 2.18. The first kappa shape index (κ1) is 10.0. The molecule has 0 aromatic carbocycles. The highest BCUT2D eigenvalue weighted by atomic mass is 32.1. The Morgan fingerprint density at radius 1 is 0.824 bits per heavy atom. The van der Waals surface area contributed by atoms with Gasteiger partial charge in [0, 0.05) is 24.0 Å². The lowest BCUT2D eigenvalue weighted by Crippen LogP contribution is -1.86. The van der Waals surface area contributed by atoms with Crippen molar-refractivity contribution in [2.75, 3.05) is 0 Å². The molecule has 0 unspecified atom stereocenters. The minimum atomic E-state index is 0.652. The van der Waals surface area contributed by atoms with E-state index in [1.807, 2.05) is 23.6 Å². The Balaban J connectivity index is 1.99. The molecule has 0 bridgehead atoms. The van der Waals surface area contributed by atoms with E-state index in [0.29, 0.717) is 5.82 Å². The van der Waals surface area contributed by atoms with Crippen LogP contribution in [0.15, 0.2) is 48.2 Å². The molecule has 0 fully saturated rings. The van der Waals surface area contributed by atoms with E-state index in [2.05, 4.69) is 19.9 Å². The Morgan fingerprint density at radius 2 is 1.65 bits per heavy atom. The first-order chi connectivity index (χ1) is 8.43. The third-order valence-corrected chi connectivity index (χ3v) is 3.03. The molecule has 17 heavy (non-hydrogen) atoms. The van der Waals surface area contributed by atoms with Crippen molar-refractivity contribution in [1.82, 2.24) is 19.9 Å². The lowest BCUT2D eigenvalue weighted by molar-refractivity contribution is 1.16. The topological polar surface area (TPSA) is 51.6 Å². The molecule has 3 aromatic rings. The van der Waals surface area contributed by atoms with Gasteiger partial charge in [-0.15, -0.1) is 11.3 Å². The summed E-state index contributed by atoms with van der Waals surface area (Å²) in [5.41, 5.74) is 1.73. The molecule has 4 nitrogen and oxygen atoms in total. The van der Waals surface area contributed by atoms with Crippen LogP contribution >= 0.6 is 11.3 Å². The van der Waals surface area contributed by atoms with E-state index in [1.54, 1.807) is 24.7 Å². The number of aromatic nitrogens is 4. The second kappa shape index (κ2) is 4.39. The fraction of sp³-hybridized carbons (Fsp3) is 0. The molecule has 0 N–H and O–H groups in total. The van der Waals surface area contributed by atoms with Gasteiger partial charge in [-0.05, 0) is 18.2 Å². The lowest BCUT2D eigenvalue weighted by Gasteiger charge is -1.93. The molecule has 3 aromatic heterocycles. The van der Waals surface area contributed by atoms with Gasteiger partial charge in [0.2, 0.25) is 0 Å². The highest BCUT2D eigenvalue weighted by Gasteiger charge is 2.08. The highest BCUT2D eigenvalue weighted by Crippen LogP contribution is 2.24. The van der Waals surface area contributed by atoms with Gasteiger partial charge in [-0.3, -0.25) is 4.98 Å². The second-order valence-corrected chi connectivity index (χ2v) is 4.18. The second-order valence-electron chi connectivity index (χ2n) is 3.33. The third-order valence-electron chi connectivity index (χ3n) is 2.19. The van der Waals surface area contributed by atoms with Crippen molar-refractivity contribution < 1.29 is 0 Å². The van der Waals surface area contributed by atoms with Crippen LogP contribution in [0, 0.1) is 0 Å². The van der Waals surface area contributed by atoms with Crippen LogP contribution in [-0.2, 0) is 0 Å². The predicted octanol–water partition coefficient (Wildman–Crippen LogP) is 2.66. The Hall–Kier alpha value is -2.14. The fourth-order valence-electron chi connectivity index (χ4n) is 1.42. The van der Waals surface area contributed by atoms with Crippen LogP contribution in [0.3, 0.4) is 0 Å². The normalized spacial score (nSPS) is 10.4. The van der Waals surface area contributed by atoms with Gasteiger partial charge in [0.05, 0.1) is 5.69 Å². The van der Waals surface area contributed by atoms with E-state index < -0.39 is 0 Å². The molecule has 0 saturated heterocycles. The van der Waals surface area contributed by atoms with E-state index in [4.69, 9.17) is 0 Å². The number of hydrogen-bond acceptors (Lipinski definition) is 5. The average Bonchev–Trinajstić information content (AvgIpc) is 2.90. The Kier molecular flexibility index (Phi) is 2.59. The first-order valence-electron chi connectivity index (χ1n) is 5.08. The van der Waals surface area contributed by atoms with Crippen LogP contribution in [0.4, 0.5) is 0 Å². The minimum absolute atomic E-state index is 0.652. The SMILES string of the molecule is c1ccc(-c2csc(-c3ncccn3)n2)nc1. The smallest absolute Gasteiger partial charge is 0.188 e. The molecule has 0 radical (unpaired) electrons. The largest absolute Gasteiger partial charge is 0.255 e. The molecule has 0 aliphatic heterocycles. The molecule has 0 atom stereocenters. The predicted molar refractivity (Wildman–Crippen MR) is 66.4 cm³/mol. The van der Waals surface area contributed by atoms with Gasteiger partial charge in [0.1, 0.15) is 5.69 Å². The summed E-state index contributed by atoms with van der Waals surface area (Å²) in [6.45, 7) is 0. The van der Waals surface area contributed by atoms with Crippen molar-refractivity contribution in [3.8, 4) is 22.2 Å². The van der Waals surface area contributed by atoms with Crippen molar-refractivity contribution in [3.05, 3.63) is 48.2 Å². The summed E-state index contributed by atoms with van der Waals surface area (Å²) >= 11 is 1.52. The van der Waals surface area contributed by atoms with Crippen LogP contribution in [0.25, 0.3) is 22.2 Å².